The van der Waals surface area contributed by atoms with Gasteiger partial charge in [0.25, 0.3) is 0 Å². The first kappa shape index (κ1) is 12.0. The Hall–Kier alpha value is -0.510. The van der Waals surface area contributed by atoms with Crippen molar-refractivity contribution in [2.75, 3.05) is 0 Å². The lowest BCUT2D eigenvalue weighted by molar-refractivity contribution is -0.117. The zero-order chi connectivity index (χ0) is 11.5. The van der Waals surface area contributed by atoms with Crippen molar-refractivity contribution in [1.82, 2.24) is 0 Å². The normalized spacial score (nSPS) is 25.0. The molecule has 1 fully saturated rings. The SMILES string of the molecule is O=C1C[C@@H](O)[C@@H](SCc2ccc(Cl)cc2)C1. The zero-order valence-corrected chi connectivity index (χ0v) is 10.3. The van der Waals surface area contributed by atoms with Gasteiger partial charge in [0.1, 0.15) is 5.78 Å². The van der Waals surface area contributed by atoms with Crippen LogP contribution < -0.4 is 0 Å². The number of hydrogen-bond donors (Lipinski definition) is 1. The van der Waals surface area contributed by atoms with Gasteiger partial charge < -0.3 is 5.11 Å². The first-order chi connectivity index (χ1) is 7.65. The Morgan fingerprint density at radius 2 is 2.00 bits per heavy atom. The number of carbonyl (C=O) groups is 1. The molecule has 1 aromatic carbocycles. The van der Waals surface area contributed by atoms with Gasteiger partial charge in [-0.1, -0.05) is 23.7 Å². The summed E-state index contributed by atoms with van der Waals surface area (Å²) in [6.07, 6.45) is 0.349. The number of benzene rings is 1. The molecule has 0 aliphatic heterocycles. The molecule has 1 aliphatic carbocycles. The van der Waals surface area contributed by atoms with Gasteiger partial charge in [0.05, 0.1) is 6.10 Å². The molecule has 16 heavy (non-hydrogen) atoms. The second kappa shape index (κ2) is 5.21. The molecule has 0 radical (unpaired) electrons. The topological polar surface area (TPSA) is 37.3 Å². The van der Waals surface area contributed by atoms with E-state index in [0.717, 1.165) is 10.8 Å². The number of ketones is 1. The average molecular weight is 257 g/mol. The van der Waals surface area contributed by atoms with Crippen LogP contribution >= 0.6 is 23.4 Å². The second-order valence-corrected chi connectivity index (χ2v) is 5.65. The fraction of sp³-hybridized carbons (Fsp3) is 0.417. The van der Waals surface area contributed by atoms with Gasteiger partial charge in [0, 0.05) is 28.9 Å². The van der Waals surface area contributed by atoms with Crippen LogP contribution in [0.5, 0.6) is 0 Å². The highest BCUT2D eigenvalue weighted by atomic mass is 35.5. The quantitative estimate of drug-likeness (QED) is 0.904. The summed E-state index contributed by atoms with van der Waals surface area (Å²) in [5.74, 6) is 0.979. The number of hydrogen-bond acceptors (Lipinski definition) is 3. The summed E-state index contributed by atoms with van der Waals surface area (Å²) in [5, 5.41) is 10.4. The summed E-state index contributed by atoms with van der Waals surface area (Å²) in [7, 11) is 0. The summed E-state index contributed by atoms with van der Waals surface area (Å²) in [5.41, 5.74) is 1.17. The minimum Gasteiger partial charge on any atom is -0.392 e. The maximum Gasteiger partial charge on any atom is 0.136 e. The Morgan fingerprint density at radius 3 is 2.56 bits per heavy atom. The summed E-state index contributed by atoms with van der Waals surface area (Å²) in [4.78, 5) is 11.1. The highest BCUT2D eigenvalue weighted by Gasteiger charge is 2.31. The highest BCUT2D eigenvalue weighted by molar-refractivity contribution is 7.99. The summed E-state index contributed by atoms with van der Waals surface area (Å²) in [6, 6.07) is 7.65. The number of aliphatic hydroxyl groups excluding tert-OH is 1. The minimum atomic E-state index is -0.468. The van der Waals surface area contributed by atoms with Crippen LogP contribution in [0.2, 0.25) is 5.02 Å². The van der Waals surface area contributed by atoms with Gasteiger partial charge in [0.15, 0.2) is 0 Å². The monoisotopic (exact) mass is 256 g/mol. The third-order valence-electron chi connectivity index (χ3n) is 2.67. The van der Waals surface area contributed by atoms with Crippen LogP contribution in [-0.4, -0.2) is 22.2 Å². The van der Waals surface area contributed by atoms with Gasteiger partial charge in [-0.05, 0) is 17.7 Å². The van der Waals surface area contributed by atoms with E-state index in [-0.39, 0.29) is 11.0 Å². The number of aliphatic hydroxyl groups is 1. The van der Waals surface area contributed by atoms with E-state index in [1.165, 1.54) is 5.56 Å². The van der Waals surface area contributed by atoms with Crippen molar-refractivity contribution in [2.45, 2.75) is 29.9 Å². The van der Waals surface area contributed by atoms with E-state index < -0.39 is 6.10 Å². The van der Waals surface area contributed by atoms with Crippen molar-refractivity contribution in [1.29, 1.82) is 0 Å². The van der Waals surface area contributed by atoms with Crippen LogP contribution in [0.3, 0.4) is 0 Å². The molecule has 2 atom stereocenters. The maximum atomic E-state index is 11.1. The lowest BCUT2D eigenvalue weighted by Crippen LogP contribution is -2.15. The Bertz CT molecular complexity index is 377. The van der Waals surface area contributed by atoms with Gasteiger partial charge in [-0.2, -0.15) is 11.8 Å². The standard InChI is InChI=1S/C12H13ClO2S/c13-9-3-1-8(2-4-9)7-16-12-6-10(14)5-11(12)15/h1-4,11-12,15H,5-7H2/t11-,12+/m1/s1. The molecule has 1 saturated carbocycles. The number of halogens is 1. The fourth-order valence-corrected chi connectivity index (χ4v) is 3.11. The molecule has 0 unspecified atom stereocenters. The van der Waals surface area contributed by atoms with Crippen molar-refractivity contribution in [3.63, 3.8) is 0 Å². The van der Waals surface area contributed by atoms with E-state index in [1.54, 1.807) is 11.8 Å². The highest BCUT2D eigenvalue weighted by Crippen LogP contribution is 2.30. The molecule has 0 aromatic heterocycles. The summed E-state index contributed by atoms with van der Waals surface area (Å²) >= 11 is 7.43. The molecule has 0 saturated heterocycles. The molecule has 4 heteroatoms. The Morgan fingerprint density at radius 1 is 1.31 bits per heavy atom. The summed E-state index contributed by atoms with van der Waals surface area (Å²) < 4.78 is 0. The van der Waals surface area contributed by atoms with E-state index >= 15 is 0 Å². The van der Waals surface area contributed by atoms with Crippen molar-refractivity contribution >= 4 is 29.1 Å². The maximum absolute atomic E-state index is 11.1. The van der Waals surface area contributed by atoms with Gasteiger partial charge in [0.2, 0.25) is 0 Å². The van der Waals surface area contributed by atoms with E-state index in [2.05, 4.69) is 0 Å². The van der Waals surface area contributed by atoms with Crippen molar-refractivity contribution < 1.29 is 9.90 Å². The van der Waals surface area contributed by atoms with Crippen molar-refractivity contribution in [3.8, 4) is 0 Å². The van der Waals surface area contributed by atoms with Crippen LogP contribution in [0, 0.1) is 0 Å². The Labute approximate surface area is 104 Å². The predicted octanol–water partition coefficient (Wildman–Crippen LogP) is 2.67. The van der Waals surface area contributed by atoms with Gasteiger partial charge >= 0.3 is 0 Å². The first-order valence-electron chi connectivity index (χ1n) is 5.21. The van der Waals surface area contributed by atoms with Crippen LogP contribution in [0.4, 0.5) is 0 Å². The van der Waals surface area contributed by atoms with Crippen LogP contribution in [0.15, 0.2) is 24.3 Å². The van der Waals surface area contributed by atoms with E-state index in [1.807, 2.05) is 24.3 Å². The van der Waals surface area contributed by atoms with Crippen LogP contribution in [0.25, 0.3) is 0 Å². The summed E-state index contributed by atoms with van der Waals surface area (Å²) in [6.45, 7) is 0. The molecule has 0 amide bonds. The zero-order valence-electron chi connectivity index (χ0n) is 8.73. The number of thioether (sulfide) groups is 1. The van der Waals surface area contributed by atoms with Crippen LogP contribution in [0.1, 0.15) is 18.4 Å². The van der Waals surface area contributed by atoms with Gasteiger partial charge in [-0.3, -0.25) is 4.79 Å². The molecule has 1 aliphatic rings. The third-order valence-corrected chi connectivity index (χ3v) is 4.33. The average Bonchev–Trinajstić information content (AvgIpc) is 2.57. The third kappa shape index (κ3) is 3.00. The van der Waals surface area contributed by atoms with Crippen molar-refractivity contribution in [3.05, 3.63) is 34.9 Å². The second-order valence-electron chi connectivity index (χ2n) is 3.99. The number of carbonyl (C=O) groups excluding carboxylic acids is 1. The molecule has 0 heterocycles. The molecule has 2 rings (SSSR count). The molecule has 86 valence electrons. The molecule has 2 nitrogen and oxygen atoms in total. The predicted molar refractivity (Wildman–Crippen MR) is 66.8 cm³/mol. The van der Waals surface area contributed by atoms with Gasteiger partial charge in [-0.25, -0.2) is 0 Å². The lowest BCUT2D eigenvalue weighted by atomic mass is 10.2. The largest absolute Gasteiger partial charge is 0.392 e. The fourth-order valence-electron chi connectivity index (χ4n) is 1.76. The van der Waals surface area contributed by atoms with Crippen LogP contribution in [-0.2, 0) is 10.5 Å². The minimum absolute atomic E-state index is 0.0585. The van der Waals surface area contributed by atoms with Crippen molar-refractivity contribution in [2.24, 2.45) is 0 Å². The molecular weight excluding hydrogens is 244 g/mol. The molecule has 0 spiro atoms. The molecule has 1 N–H and O–H groups in total. The van der Waals surface area contributed by atoms with E-state index in [9.17, 15) is 9.90 Å². The van der Waals surface area contributed by atoms with E-state index in [0.29, 0.717) is 12.8 Å². The number of Topliss-reactive ketones (excluding diaryl/α,β-unsaturated/α-hetero) is 1. The Balaban J connectivity index is 1.88. The Kier molecular flexibility index (Phi) is 3.90. The molecule has 0 bridgehead atoms. The first-order valence-corrected chi connectivity index (χ1v) is 6.63. The smallest absolute Gasteiger partial charge is 0.136 e. The van der Waals surface area contributed by atoms with E-state index in [4.69, 9.17) is 11.6 Å². The molecular formula is C12H13ClO2S. The molecule has 1 aromatic rings. The van der Waals surface area contributed by atoms with Gasteiger partial charge in [-0.15, -0.1) is 0 Å². The number of rotatable bonds is 3. The lowest BCUT2D eigenvalue weighted by Gasteiger charge is -2.12.